The van der Waals surface area contributed by atoms with Crippen molar-refractivity contribution in [2.75, 3.05) is 51.4 Å². The molecular formula is C24H30N2O5. The fraction of sp³-hybridized carbons (Fsp3) is 0.417. The van der Waals surface area contributed by atoms with Crippen LogP contribution < -0.4 is 14.4 Å². The van der Waals surface area contributed by atoms with Crippen molar-refractivity contribution in [3.63, 3.8) is 0 Å². The SMILES string of the molecule is COc1ccc(N2CCN(C(=O)COC(=O)CCCOc3cccc(C)c3)CC2)cc1. The number of nitrogens with zero attached hydrogens (tertiary/aromatic N) is 2. The molecule has 0 aromatic heterocycles. The second-order valence-corrected chi connectivity index (χ2v) is 7.50. The fourth-order valence-corrected chi connectivity index (χ4v) is 3.42. The molecule has 0 bridgehead atoms. The van der Waals surface area contributed by atoms with E-state index in [2.05, 4.69) is 4.90 Å². The summed E-state index contributed by atoms with van der Waals surface area (Å²) in [4.78, 5) is 28.3. The molecule has 0 unspecified atom stereocenters. The second kappa shape index (κ2) is 11.2. The average molecular weight is 427 g/mol. The maximum absolute atomic E-state index is 12.4. The van der Waals surface area contributed by atoms with Gasteiger partial charge in [0.2, 0.25) is 0 Å². The van der Waals surface area contributed by atoms with Gasteiger partial charge in [0.1, 0.15) is 11.5 Å². The van der Waals surface area contributed by atoms with Crippen molar-refractivity contribution in [1.82, 2.24) is 4.90 Å². The Morgan fingerprint density at radius 1 is 0.968 bits per heavy atom. The van der Waals surface area contributed by atoms with Crippen LogP contribution in [0, 0.1) is 6.92 Å². The molecule has 0 spiro atoms. The van der Waals surface area contributed by atoms with Crippen molar-refractivity contribution < 1.29 is 23.8 Å². The van der Waals surface area contributed by atoms with Gasteiger partial charge in [0.05, 0.1) is 13.7 Å². The number of aryl methyl sites for hydroxylation is 1. The Morgan fingerprint density at radius 2 is 1.71 bits per heavy atom. The highest BCUT2D eigenvalue weighted by Gasteiger charge is 2.22. The van der Waals surface area contributed by atoms with Crippen LogP contribution in [0.15, 0.2) is 48.5 Å². The third-order valence-electron chi connectivity index (χ3n) is 5.21. The zero-order valence-electron chi connectivity index (χ0n) is 18.2. The first-order chi connectivity index (χ1) is 15.0. The lowest BCUT2D eigenvalue weighted by atomic mass is 10.2. The first kappa shape index (κ1) is 22.5. The Kier molecular flexibility index (Phi) is 8.15. The quantitative estimate of drug-likeness (QED) is 0.454. The Balaban J connectivity index is 1.31. The van der Waals surface area contributed by atoms with Gasteiger partial charge in [0.15, 0.2) is 6.61 Å². The highest BCUT2D eigenvalue weighted by molar-refractivity contribution is 5.80. The van der Waals surface area contributed by atoms with Gasteiger partial charge in [0.25, 0.3) is 5.91 Å². The highest BCUT2D eigenvalue weighted by atomic mass is 16.5. The maximum atomic E-state index is 12.4. The normalized spacial score (nSPS) is 13.6. The van der Waals surface area contributed by atoms with E-state index in [9.17, 15) is 9.59 Å². The number of benzene rings is 2. The van der Waals surface area contributed by atoms with Gasteiger partial charge in [-0.05, 0) is 55.3 Å². The zero-order valence-corrected chi connectivity index (χ0v) is 18.2. The molecule has 0 aliphatic carbocycles. The minimum Gasteiger partial charge on any atom is -0.497 e. The van der Waals surface area contributed by atoms with E-state index in [4.69, 9.17) is 14.2 Å². The topological polar surface area (TPSA) is 68.3 Å². The number of piperazine rings is 1. The first-order valence-corrected chi connectivity index (χ1v) is 10.6. The molecule has 7 nitrogen and oxygen atoms in total. The summed E-state index contributed by atoms with van der Waals surface area (Å²) in [6.07, 6.45) is 0.770. The number of carbonyl (C=O) groups is 2. The lowest BCUT2D eigenvalue weighted by molar-refractivity contribution is -0.152. The summed E-state index contributed by atoms with van der Waals surface area (Å²) in [5.74, 6) is 1.08. The molecule has 7 heteroatoms. The third-order valence-corrected chi connectivity index (χ3v) is 5.21. The van der Waals surface area contributed by atoms with E-state index < -0.39 is 0 Å². The van der Waals surface area contributed by atoms with Crippen molar-refractivity contribution in [2.45, 2.75) is 19.8 Å². The lowest BCUT2D eigenvalue weighted by Gasteiger charge is -2.36. The summed E-state index contributed by atoms with van der Waals surface area (Å²) >= 11 is 0. The van der Waals surface area contributed by atoms with Crippen molar-refractivity contribution >= 4 is 17.6 Å². The van der Waals surface area contributed by atoms with E-state index in [1.54, 1.807) is 12.0 Å². The lowest BCUT2D eigenvalue weighted by Crippen LogP contribution is -2.49. The van der Waals surface area contributed by atoms with Crippen LogP contribution in [-0.2, 0) is 14.3 Å². The molecule has 0 saturated carbocycles. The molecule has 3 rings (SSSR count). The summed E-state index contributed by atoms with van der Waals surface area (Å²) in [5, 5.41) is 0. The molecule has 166 valence electrons. The number of amides is 1. The summed E-state index contributed by atoms with van der Waals surface area (Å²) in [6, 6.07) is 15.7. The zero-order chi connectivity index (χ0) is 22.1. The number of rotatable bonds is 9. The Bertz CT molecular complexity index is 861. The van der Waals surface area contributed by atoms with Crippen LogP contribution in [0.4, 0.5) is 5.69 Å². The molecule has 1 fully saturated rings. The van der Waals surface area contributed by atoms with Crippen LogP contribution in [0.5, 0.6) is 11.5 Å². The molecule has 0 N–H and O–H groups in total. The number of methoxy groups -OCH3 is 1. The number of hydrogen-bond donors (Lipinski definition) is 0. The molecule has 1 aliphatic heterocycles. The Hall–Kier alpha value is -3.22. The molecule has 0 atom stereocenters. The standard InChI is InChI=1S/C24H30N2O5/c1-19-5-3-6-22(17-19)30-16-4-7-24(28)31-18-23(27)26-14-12-25(13-15-26)20-8-10-21(29-2)11-9-20/h3,5-6,8-11,17H,4,7,12-16,18H2,1-2H3. The van der Waals surface area contributed by atoms with E-state index in [1.807, 2.05) is 55.5 Å². The van der Waals surface area contributed by atoms with Crippen LogP contribution in [-0.4, -0.2) is 63.3 Å². The van der Waals surface area contributed by atoms with Gasteiger partial charge >= 0.3 is 5.97 Å². The van der Waals surface area contributed by atoms with E-state index in [0.29, 0.717) is 26.1 Å². The van der Waals surface area contributed by atoms with Crippen LogP contribution >= 0.6 is 0 Å². The average Bonchev–Trinajstić information content (AvgIpc) is 2.80. The van der Waals surface area contributed by atoms with Crippen LogP contribution in [0.2, 0.25) is 0 Å². The molecule has 1 heterocycles. The van der Waals surface area contributed by atoms with E-state index in [1.165, 1.54) is 0 Å². The summed E-state index contributed by atoms with van der Waals surface area (Å²) in [6.45, 7) is 4.91. The molecular weight excluding hydrogens is 396 g/mol. The minimum absolute atomic E-state index is 0.154. The largest absolute Gasteiger partial charge is 0.497 e. The van der Waals surface area contributed by atoms with Gasteiger partial charge in [0, 0.05) is 38.3 Å². The first-order valence-electron chi connectivity index (χ1n) is 10.6. The predicted molar refractivity (Wildman–Crippen MR) is 119 cm³/mol. The molecule has 0 radical (unpaired) electrons. The molecule has 31 heavy (non-hydrogen) atoms. The van der Waals surface area contributed by atoms with E-state index in [0.717, 1.165) is 35.8 Å². The third kappa shape index (κ3) is 6.91. The molecule has 2 aromatic carbocycles. The maximum Gasteiger partial charge on any atom is 0.306 e. The number of esters is 1. The van der Waals surface area contributed by atoms with Crippen LogP contribution in [0.1, 0.15) is 18.4 Å². The molecule has 2 aromatic rings. The van der Waals surface area contributed by atoms with Crippen molar-refractivity contribution in [2.24, 2.45) is 0 Å². The summed E-state index contributed by atoms with van der Waals surface area (Å²) in [5.41, 5.74) is 2.23. The van der Waals surface area contributed by atoms with Crippen LogP contribution in [0.3, 0.4) is 0 Å². The minimum atomic E-state index is -0.377. The van der Waals surface area contributed by atoms with E-state index in [-0.39, 0.29) is 24.9 Å². The predicted octanol–water partition coefficient (Wildman–Crippen LogP) is 3.05. The number of ether oxygens (including phenoxy) is 3. The van der Waals surface area contributed by atoms with Gasteiger partial charge in [-0.25, -0.2) is 0 Å². The Labute approximate surface area is 183 Å². The number of hydrogen-bond acceptors (Lipinski definition) is 6. The van der Waals surface area contributed by atoms with Crippen molar-refractivity contribution in [3.05, 3.63) is 54.1 Å². The van der Waals surface area contributed by atoms with Gasteiger partial charge < -0.3 is 24.0 Å². The summed E-state index contributed by atoms with van der Waals surface area (Å²) in [7, 11) is 1.64. The second-order valence-electron chi connectivity index (χ2n) is 7.50. The molecule has 1 aliphatic rings. The molecule has 1 amide bonds. The summed E-state index contributed by atoms with van der Waals surface area (Å²) < 4.78 is 16.0. The smallest absolute Gasteiger partial charge is 0.306 e. The fourth-order valence-electron chi connectivity index (χ4n) is 3.42. The van der Waals surface area contributed by atoms with Gasteiger partial charge in [-0.1, -0.05) is 12.1 Å². The number of carbonyl (C=O) groups excluding carboxylic acids is 2. The van der Waals surface area contributed by atoms with Crippen LogP contribution in [0.25, 0.3) is 0 Å². The monoisotopic (exact) mass is 426 g/mol. The van der Waals surface area contributed by atoms with Gasteiger partial charge in [-0.15, -0.1) is 0 Å². The molecule has 1 saturated heterocycles. The van der Waals surface area contributed by atoms with Gasteiger partial charge in [-0.2, -0.15) is 0 Å². The van der Waals surface area contributed by atoms with E-state index >= 15 is 0 Å². The highest BCUT2D eigenvalue weighted by Crippen LogP contribution is 2.20. The van der Waals surface area contributed by atoms with Crippen molar-refractivity contribution in [3.8, 4) is 11.5 Å². The van der Waals surface area contributed by atoms with Crippen molar-refractivity contribution in [1.29, 1.82) is 0 Å². The van der Waals surface area contributed by atoms with Gasteiger partial charge in [-0.3, -0.25) is 9.59 Å². The number of anilines is 1. The Morgan fingerprint density at radius 3 is 2.39 bits per heavy atom.